The maximum absolute atomic E-state index is 12.4. The SMILES string of the molecule is C[Si](C)(C)c1ccc(C(F)(F)F)cc1Br. The van der Waals surface area contributed by atoms with Gasteiger partial charge in [-0.1, -0.05) is 47.7 Å². The van der Waals surface area contributed by atoms with Crippen LogP contribution in [0.25, 0.3) is 0 Å². The molecule has 0 bridgehead atoms. The quantitative estimate of drug-likeness (QED) is 0.687. The molecule has 0 N–H and O–H groups in total. The Labute approximate surface area is 96.6 Å². The van der Waals surface area contributed by atoms with E-state index < -0.39 is 19.8 Å². The van der Waals surface area contributed by atoms with Crippen molar-refractivity contribution in [3.05, 3.63) is 28.2 Å². The van der Waals surface area contributed by atoms with Gasteiger partial charge in [0.15, 0.2) is 0 Å². The number of hydrogen-bond acceptors (Lipinski definition) is 0. The zero-order chi connectivity index (χ0) is 11.9. The molecule has 0 heterocycles. The third kappa shape index (κ3) is 3.08. The van der Waals surface area contributed by atoms with E-state index in [1.165, 1.54) is 0 Å². The van der Waals surface area contributed by atoms with Crippen LogP contribution in [0.15, 0.2) is 22.7 Å². The Hall–Kier alpha value is -0.293. The van der Waals surface area contributed by atoms with Crippen molar-refractivity contribution in [2.75, 3.05) is 0 Å². The molecule has 1 aromatic carbocycles. The lowest BCUT2D eigenvalue weighted by molar-refractivity contribution is -0.137. The molecule has 0 aliphatic carbocycles. The van der Waals surface area contributed by atoms with E-state index in [1.807, 2.05) is 0 Å². The Morgan fingerprint density at radius 1 is 1.13 bits per heavy atom. The summed E-state index contributed by atoms with van der Waals surface area (Å²) in [5.74, 6) is 0. The van der Waals surface area contributed by atoms with Gasteiger partial charge in [0.2, 0.25) is 0 Å². The summed E-state index contributed by atoms with van der Waals surface area (Å²) in [5.41, 5.74) is -0.601. The average molecular weight is 297 g/mol. The molecule has 0 aliphatic rings. The van der Waals surface area contributed by atoms with Crippen molar-refractivity contribution >= 4 is 29.2 Å². The van der Waals surface area contributed by atoms with Crippen LogP contribution < -0.4 is 5.19 Å². The maximum atomic E-state index is 12.4. The molecular formula is C10H12BrF3Si. The highest BCUT2D eigenvalue weighted by Gasteiger charge is 2.31. The van der Waals surface area contributed by atoms with Crippen LogP contribution in [0.3, 0.4) is 0 Å². The molecule has 0 saturated carbocycles. The van der Waals surface area contributed by atoms with Crippen LogP contribution in [-0.2, 0) is 6.18 Å². The van der Waals surface area contributed by atoms with E-state index in [1.54, 1.807) is 6.07 Å². The van der Waals surface area contributed by atoms with Gasteiger partial charge in [-0.15, -0.1) is 0 Å². The summed E-state index contributed by atoms with van der Waals surface area (Å²) >= 11 is 3.21. The Kier molecular flexibility index (Phi) is 3.35. The topological polar surface area (TPSA) is 0 Å². The molecule has 0 fully saturated rings. The molecule has 1 rings (SSSR count). The first-order valence-corrected chi connectivity index (χ1v) is 8.79. The van der Waals surface area contributed by atoms with Crippen LogP contribution in [0.1, 0.15) is 5.56 Å². The molecule has 0 aromatic heterocycles. The summed E-state index contributed by atoms with van der Waals surface area (Å²) in [5, 5.41) is 1.01. The second-order valence-corrected chi connectivity index (χ2v) is 10.3. The van der Waals surface area contributed by atoms with Crippen molar-refractivity contribution in [2.24, 2.45) is 0 Å². The lowest BCUT2D eigenvalue weighted by Gasteiger charge is -2.19. The second kappa shape index (κ2) is 3.94. The van der Waals surface area contributed by atoms with Gasteiger partial charge in [-0.2, -0.15) is 13.2 Å². The van der Waals surface area contributed by atoms with Gasteiger partial charge in [-0.25, -0.2) is 0 Å². The largest absolute Gasteiger partial charge is 0.416 e. The molecule has 15 heavy (non-hydrogen) atoms. The lowest BCUT2D eigenvalue weighted by atomic mass is 10.2. The van der Waals surface area contributed by atoms with Crippen molar-refractivity contribution in [1.29, 1.82) is 0 Å². The fourth-order valence-electron chi connectivity index (χ4n) is 1.30. The summed E-state index contributed by atoms with van der Waals surface area (Å²) in [6, 6.07) is 3.89. The van der Waals surface area contributed by atoms with Gasteiger partial charge in [-0.3, -0.25) is 0 Å². The highest BCUT2D eigenvalue weighted by molar-refractivity contribution is 9.10. The van der Waals surface area contributed by atoms with E-state index in [0.717, 1.165) is 17.3 Å². The molecule has 0 amide bonds. The van der Waals surface area contributed by atoms with Crippen LogP contribution in [0, 0.1) is 0 Å². The molecule has 84 valence electrons. The van der Waals surface area contributed by atoms with Gasteiger partial charge in [-0.05, 0) is 11.3 Å². The molecule has 0 radical (unpaired) electrons. The van der Waals surface area contributed by atoms with E-state index in [-0.39, 0.29) is 0 Å². The summed E-state index contributed by atoms with van der Waals surface area (Å²) in [6.45, 7) is 6.29. The minimum Gasteiger partial charge on any atom is -0.166 e. The zero-order valence-electron chi connectivity index (χ0n) is 8.74. The predicted molar refractivity (Wildman–Crippen MR) is 62.1 cm³/mol. The molecule has 0 spiro atoms. The van der Waals surface area contributed by atoms with Gasteiger partial charge >= 0.3 is 6.18 Å². The van der Waals surface area contributed by atoms with E-state index in [9.17, 15) is 13.2 Å². The van der Waals surface area contributed by atoms with Gasteiger partial charge in [0.1, 0.15) is 0 Å². The Morgan fingerprint density at radius 3 is 2.00 bits per heavy atom. The number of hydrogen-bond donors (Lipinski definition) is 0. The van der Waals surface area contributed by atoms with Crippen molar-refractivity contribution < 1.29 is 13.2 Å². The first kappa shape index (κ1) is 12.8. The number of halogens is 4. The van der Waals surface area contributed by atoms with Crippen molar-refractivity contribution in [1.82, 2.24) is 0 Å². The first-order chi connectivity index (χ1) is 6.62. The average Bonchev–Trinajstić information content (AvgIpc) is 1.99. The second-order valence-electron chi connectivity index (χ2n) is 4.44. The normalized spacial score (nSPS) is 13.0. The standard InChI is InChI=1S/C10H12BrF3Si/c1-15(2,3)9-5-4-7(6-8(9)11)10(12,13)14/h4-6H,1-3H3. The van der Waals surface area contributed by atoms with Gasteiger partial charge in [0.25, 0.3) is 0 Å². The maximum Gasteiger partial charge on any atom is 0.416 e. The number of rotatable bonds is 1. The van der Waals surface area contributed by atoms with Crippen molar-refractivity contribution in [3.63, 3.8) is 0 Å². The fraction of sp³-hybridized carbons (Fsp3) is 0.400. The summed E-state index contributed by atoms with van der Waals surface area (Å²) in [7, 11) is -1.57. The highest BCUT2D eigenvalue weighted by atomic mass is 79.9. The molecule has 5 heteroatoms. The summed E-state index contributed by atoms with van der Waals surface area (Å²) in [4.78, 5) is 0. The molecule has 0 nitrogen and oxygen atoms in total. The molecule has 0 aliphatic heterocycles. The van der Waals surface area contributed by atoms with E-state index in [2.05, 4.69) is 35.6 Å². The van der Waals surface area contributed by atoms with E-state index >= 15 is 0 Å². The van der Waals surface area contributed by atoms with E-state index in [0.29, 0.717) is 4.47 Å². The lowest BCUT2D eigenvalue weighted by Crippen LogP contribution is -2.38. The molecule has 0 saturated heterocycles. The first-order valence-electron chi connectivity index (χ1n) is 4.49. The number of benzene rings is 1. The van der Waals surface area contributed by atoms with Crippen LogP contribution in [0.4, 0.5) is 13.2 Å². The minimum atomic E-state index is -4.26. The Bertz CT molecular complexity index is 366. The fourth-order valence-corrected chi connectivity index (χ4v) is 4.83. The smallest absolute Gasteiger partial charge is 0.166 e. The van der Waals surface area contributed by atoms with Crippen molar-refractivity contribution in [3.8, 4) is 0 Å². The predicted octanol–water partition coefficient (Wildman–Crippen LogP) is 4.01. The molecule has 0 atom stereocenters. The van der Waals surface area contributed by atoms with Gasteiger partial charge in [0, 0.05) is 4.47 Å². The van der Waals surface area contributed by atoms with Crippen LogP contribution in [0.5, 0.6) is 0 Å². The summed E-state index contributed by atoms with van der Waals surface area (Å²) < 4.78 is 37.7. The molecular weight excluding hydrogens is 285 g/mol. The Morgan fingerprint density at radius 2 is 1.67 bits per heavy atom. The third-order valence-electron chi connectivity index (χ3n) is 2.10. The van der Waals surface area contributed by atoms with Gasteiger partial charge in [0.05, 0.1) is 13.6 Å². The summed E-state index contributed by atoms with van der Waals surface area (Å²) in [6.07, 6.45) is -4.26. The molecule has 0 unspecified atom stereocenters. The van der Waals surface area contributed by atoms with Crippen LogP contribution in [0.2, 0.25) is 19.6 Å². The van der Waals surface area contributed by atoms with Crippen LogP contribution >= 0.6 is 15.9 Å². The van der Waals surface area contributed by atoms with Crippen LogP contribution in [-0.4, -0.2) is 8.07 Å². The molecule has 1 aromatic rings. The highest BCUT2D eigenvalue weighted by Crippen LogP contribution is 2.30. The zero-order valence-corrected chi connectivity index (χ0v) is 11.3. The minimum absolute atomic E-state index is 0.566. The van der Waals surface area contributed by atoms with Gasteiger partial charge < -0.3 is 0 Å². The van der Waals surface area contributed by atoms with E-state index in [4.69, 9.17) is 0 Å². The Balaban J connectivity index is 3.21. The monoisotopic (exact) mass is 296 g/mol. The third-order valence-corrected chi connectivity index (χ3v) is 5.18. The number of alkyl halides is 3. The van der Waals surface area contributed by atoms with Crippen molar-refractivity contribution in [2.45, 2.75) is 25.8 Å².